The lowest BCUT2D eigenvalue weighted by atomic mass is 10.2. The summed E-state index contributed by atoms with van der Waals surface area (Å²) >= 11 is 1.36. The molecule has 0 bridgehead atoms. The van der Waals surface area contributed by atoms with Gasteiger partial charge in [-0.15, -0.1) is 11.3 Å². The molecule has 122 valence electrons. The summed E-state index contributed by atoms with van der Waals surface area (Å²) in [5.74, 6) is -0.297. The predicted octanol–water partition coefficient (Wildman–Crippen LogP) is 3.64. The van der Waals surface area contributed by atoms with Crippen molar-refractivity contribution in [1.82, 2.24) is 19.7 Å². The van der Waals surface area contributed by atoms with Crippen LogP contribution in [0.3, 0.4) is 0 Å². The Labute approximate surface area is 147 Å². The van der Waals surface area contributed by atoms with Crippen molar-refractivity contribution in [2.75, 3.05) is 5.32 Å². The number of para-hydroxylation sites is 1. The number of thiazole rings is 1. The normalized spacial score (nSPS) is 10.6. The minimum atomic E-state index is -0.297. The van der Waals surface area contributed by atoms with Crippen LogP contribution >= 0.6 is 11.3 Å². The van der Waals surface area contributed by atoms with Crippen LogP contribution in [-0.4, -0.2) is 25.7 Å². The second-order valence-corrected chi connectivity index (χ2v) is 6.09. The highest BCUT2D eigenvalue weighted by molar-refractivity contribution is 7.13. The second kappa shape index (κ2) is 6.66. The van der Waals surface area contributed by atoms with Crippen LogP contribution in [0.25, 0.3) is 16.9 Å². The van der Waals surface area contributed by atoms with Gasteiger partial charge < -0.3 is 0 Å². The Morgan fingerprint density at radius 1 is 1.08 bits per heavy atom. The molecule has 0 fully saturated rings. The topological polar surface area (TPSA) is 72.7 Å². The maximum absolute atomic E-state index is 12.5. The molecule has 0 radical (unpaired) electrons. The first kappa shape index (κ1) is 15.2. The highest BCUT2D eigenvalue weighted by Gasteiger charge is 2.17. The fourth-order valence-electron chi connectivity index (χ4n) is 2.42. The van der Waals surface area contributed by atoms with Gasteiger partial charge in [-0.25, -0.2) is 9.67 Å². The summed E-state index contributed by atoms with van der Waals surface area (Å²) in [7, 11) is 0. The molecule has 25 heavy (non-hydrogen) atoms. The quantitative estimate of drug-likeness (QED) is 0.612. The number of carbonyl (C=O) groups is 1. The molecular formula is C18H13N5OS. The first-order valence-corrected chi connectivity index (χ1v) is 8.46. The Kier molecular flexibility index (Phi) is 4.05. The van der Waals surface area contributed by atoms with E-state index in [1.807, 2.05) is 42.5 Å². The minimum Gasteiger partial charge on any atom is -0.296 e. The summed E-state index contributed by atoms with van der Waals surface area (Å²) in [6.07, 6.45) is 5.10. The van der Waals surface area contributed by atoms with Gasteiger partial charge in [-0.3, -0.25) is 15.1 Å². The summed E-state index contributed by atoms with van der Waals surface area (Å²) in [5.41, 5.74) is 2.86. The fourth-order valence-corrected chi connectivity index (χ4v) is 2.95. The summed E-state index contributed by atoms with van der Waals surface area (Å²) in [6, 6.07) is 15.2. The zero-order chi connectivity index (χ0) is 17.1. The molecule has 1 amide bonds. The average molecular weight is 347 g/mol. The SMILES string of the molecule is O=C(Nc1nccs1)c1cc(-c2cccnc2)n(-c2ccccc2)n1. The van der Waals surface area contributed by atoms with E-state index in [4.69, 9.17) is 0 Å². The van der Waals surface area contributed by atoms with E-state index in [1.165, 1.54) is 11.3 Å². The number of nitrogens with one attached hydrogen (secondary N) is 1. The number of nitrogens with zero attached hydrogens (tertiary/aromatic N) is 4. The molecule has 0 saturated carbocycles. The molecule has 1 N–H and O–H groups in total. The highest BCUT2D eigenvalue weighted by atomic mass is 32.1. The van der Waals surface area contributed by atoms with Gasteiger partial charge in [-0.05, 0) is 30.3 Å². The van der Waals surface area contributed by atoms with E-state index in [2.05, 4.69) is 20.4 Å². The summed E-state index contributed by atoms with van der Waals surface area (Å²) in [5, 5.41) is 9.60. The standard InChI is InChI=1S/C18H13N5OS/c24-17(21-18-20-9-10-25-18)15-11-16(13-5-4-8-19-12-13)23(22-15)14-6-2-1-3-7-14/h1-12H,(H,20,21,24). The molecule has 0 spiro atoms. The van der Waals surface area contributed by atoms with Gasteiger partial charge in [-0.2, -0.15) is 5.10 Å². The van der Waals surface area contributed by atoms with Gasteiger partial charge in [0.1, 0.15) is 0 Å². The molecule has 0 atom stereocenters. The van der Waals surface area contributed by atoms with Crippen LogP contribution in [0.4, 0.5) is 5.13 Å². The van der Waals surface area contributed by atoms with Gasteiger partial charge in [0.15, 0.2) is 10.8 Å². The van der Waals surface area contributed by atoms with Crippen LogP contribution in [0.5, 0.6) is 0 Å². The Morgan fingerprint density at radius 2 is 1.96 bits per heavy atom. The van der Waals surface area contributed by atoms with Crippen LogP contribution < -0.4 is 5.32 Å². The van der Waals surface area contributed by atoms with Crippen molar-refractivity contribution >= 4 is 22.4 Å². The third kappa shape index (κ3) is 3.17. The van der Waals surface area contributed by atoms with Crippen LogP contribution in [0.1, 0.15) is 10.5 Å². The third-order valence-electron chi connectivity index (χ3n) is 3.55. The van der Waals surface area contributed by atoms with Gasteiger partial charge in [0.25, 0.3) is 5.91 Å². The highest BCUT2D eigenvalue weighted by Crippen LogP contribution is 2.24. The Hall–Kier alpha value is -3.32. The first-order chi connectivity index (χ1) is 12.3. The maximum atomic E-state index is 12.5. The van der Waals surface area contributed by atoms with E-state index in [0.717, 1.165) is 16.9 Å². The number of pyridine rings is 1. The van der Waals surface area contributed by atoms with E-state index in [1.54, 1.807) is 34.7 Å². The molecule has 0 aliphatic rings. The molecule has 3 heterocycles. The number of aromatic nitrogens is 4. The lowest BCUT2D eigenvalue weighted by molar-refractivity contribution is 0.102. The van der Waals surface area contributed by atoms with Crippen molar-refractivity contribution in [2.45, 2.75) is 0 Å². The zero-order valence-electron chi connectivity index (χ0n) is 13.0. The van der Waals surface area contributed by atoms with Crippen LogP contribution in [0, 0.1) is 0 Å². The van der Waals surface area contributed by atoms with E-state index in [0.29, 0.717) is 10.8 Å². The number of hydrogen-bond donors (Lipinski definition) is 1. The van der Waals surface area contributed by atoms with E-state index in [-0.39, 0.29) is 5.91 Å². The Balaban J connectivity index is 1.77. The molecule has 3 aromatic heterocycles. The van der Waals surface area contributed by atoms with E-state index >= 15 is 0 Å². The third-order valence-corrected chi connectivity index (χ3v) is 4.24. The first-order valence-electron chi connectivity index (χ1n) is 7.58. The average Bonchev–Trinajstić information content (AvgIpc) is 3.33. The fraction of sp³-hybridized carbons (Fsp3) is 0. The van der Waals surface area contributed by atoms with Crippen LogP contribution in [0.2, 0.25) is 0 Å². The number of benzene rings is 1. The number of carbonyl (C=O) groups excluding carboxylic acids is 1. The maximum Gasteiger partial charge on any atom is 0.277 e. The number of amides is 1. The van der Waals surface area contributed by atoms with Crippen LogP contribution in [-0.2, 0) is 0 Å². The molecule has 0 unspecified atom stereocenters. The molecule has 0 aliphatic heterocycles. The molecule has 1 aromatic carbocycles. The lowest BCUT2D eigenvalue weighted by Gasteiger charge is -2.06. The van der Waals surface area contributed by atoms with Crippen molar-refractivity contribution in [3.8, 4) is 16.9 Å². The molecule has 0 aliphatic carbocycles. The van der Waals surface area contributed by atoms with Crippen molar-refractivity contribution < 1.29 is 4.79 Å². The minimum absolute atomic E-state index is 0.297. The summed E-state index contributed by atoms with van der Waals surface area (Å²) in [6.45, 7) is 0. The van der Waals surface area contributed by atoms with Crippen molar-refractivity contribution in [3.63, 3.8) is 0 Å². The molecule has 6 nitrogen and oxygen atoms in total. The van der Waals surface area contributed by atoms with E-state index in [9.17, 15) is 4.79 Å². The van der Waals surface area contributed by atoms with Crippen molar-refractivity contribution in [1.29, 1.82) is 0 Å². The molecule has 7 heteroatoms. The monoisotopic (exact) mass is 347 g/mol. The van der Waals surface area contributed by atoms with Gasteiger partial charge in [0.2, 0.25) is 0 Å². The molecule has 0 saturated heterocycles. The van der Waals surface area contributed by atoms with Gasteiger partial charge in [-0.1, -0.05) is 18.2 Å². The molecule has 4 rings (SSSR count). The summed E-state index contributed by atoms with van der Waals surface area (Å²) in [4.78, 5) is 20.7. The molecular weight excluding hydrogens is 334 g/mol. The molecule has 4 aromatic rings. The van der Waals surface area contributed by atoms with Gasteiger partial charge in [0.05, 0.1) is 11.4 Å². The number of hydrogen-bond acceptors (Lipinski definition) is 5. The van der Waals surface area contributed by atoms with Gasteiger partial charge in [0, 0.05) is 29.5 Å². The smallest absolute Gasteiger partial charge is 0.277 e. The largest absolute Gasteiger partial charge is 0.296 e. The lowest BCUT2D eigenvalue weighted by Crippen LogP contribution is -2.12. The van der Waals surface area contributed by atoms with E-state index < -0.39 is 0 Å². The van der Waals surface area contributed by atoms with Crippen molar-refractivity contribution in [3.05, 3.63) is 78.2 Å². The Bertz CT molecular complexity index is 924. The second-order valence-electron chi connectivity index (χ2n) is 5.20. The zero-order valence-corrected chi connectivity index (χ0v) is 13.9. The Morgan fingerprint density at radius 3 is 2.68 bits per heavy atom. The number of anilines is 1. The van der Waals surface area contributed by atoms with Crippen LogP contribution in [0.15, 0.2) is 72.5 Å². The predicted molar refractivity (Wildman–Crippen MR) is 96.9 cm³/mol. The summed E-state index contributed by atoms with van der Waals surface area (Å²) < 4.78 is 1.74. The van der Waals surface area contributed by atoms with Crippen molar-refractivity contribution in [2.24, 2.45) is 0 Å². The van der Waals surface area contributed by atoms with Gasteiger partial charge >= 0.3 is 0 Å². The number of rotatable bonds is 4.